The van der Waals surface area contributed by atoms with Crippen LogP contribution in [0.2, 0.25) is 0 Å². The van der Waals surface area contributed by atoms with Crippen LogP contribution in [0.25, 0.3) is 6.08 Å². The molecule has 1 amide bonds. The highest BCUT2D eigenvalue weighted by molar-refractivity contribution is 5.92. The minimum Gasteiger partial charge on any atom is -0.493 e. The average Bonchev–Trinajstić information content (AvgIpc) is 3.40. The first kappa shape index (κ1) is 20.7. The number of carbonyl (C=O) groups is 1. The number of furan rings is 1. The number of pyridine rings is 1. The van der Waals surface area contributed by atoms with Crippen molar-refractivity contribution in [3.05, 3.63) is 83.6 Å². The molecule has 6 heteroatoms. The Balaban J connectivity index is 1.57. The molecule has 0 saturated heterocycles. The van der Waals surface area contributed by atoms with E-state index in [0.717, 1.165) is 40.4 Å². The lowest BCUT2D eigenvalue weighted by molar-refractivity contribution is -0.127. The first-order valence-electron chi connectivity index (χ1n) is 10.5. The standard InChI is InChI=1S/C25H26N2O4/c1-3-29-23-14-21-12-18(2)31-24(21)13-20(23)8-9-25(28)27(17-22-7-5-11-30-22)16-19-6-4-10-26-15-19/h4-11,13-15,18H,3,12,16-17H2,1-2H3. The maximum absolute atomic E-state index is 13.1. The molecule has 3 aromatic rings. The Hall–Kier alpha value is -3.54. The van der Waals surface area contributed by atoms with Gasteiger partial charge < -0.3 is 18.8 Å². The third-order valence-electron chi connectivity index (χ3n) is 5.07. The topological polar surface area (TPSA) is 64.8 Å². The second-order valence-corrected chi connectivity index (χ2v) is 7.53. The highest BCUT2D eigenvalue weighted by Gasteiger charge is 2.21. The molecule has 2 aromatic heterocycles. The van der Waals surface area contributed by atoms with Crippen LogP contribution in [-0.2, 0) is 24.3 Å². The number of amides is 1. The van der Waals surface area contributed by atoms with Crippen LogP contribution >= 0.6 is 0 Å². The molecule has 1 aliphatic heterocycles. The van der Waals surface area contributed by atoms with Crippen molar-refractivity contribution < 1.29 is 18.7 Å². The molecular formula is C25H26N2O4. The van der Waals surface area contributed by atoms with Crippen LogP contribution in [0.1, 0.15) is 36.3 Å². The molecule has 0 radical (unpaired) electrons. The Morgan fingerprint density at radius 1 is 1.29 bits per heavy atom. The van der Waals surface area contributed by atoms with E-state index in [0.29, 0.717) is 19.7 Å². The van der Waals surface area contributed by atoms with Crippen molar-refractivity contribution in [3.63, 3.8) is 0 Å². The molecule has 160 valence electrons. The van der Waals surface area contributed by atoms with Crippen molar-refractivity contribution in [2.24, 2.45) is 0 Å². The molecule has 0 aliphatic carbocycles. The number of aromatic nitrogens is 1. The van der Waals surface area contributed by atoms with Gasteiger partial charge in [-0.3, -0.25) is 9.78 Å². The predicted molar refractivity (Wildman–Crippen MR) is 118 cm³/mol. The van der Waals surface area contributed by atoms with Gasteiger partial charge in [0.1, 0.15) is 23.4 Å². The molecule has 0 saturated carbocycles. The predicted octanol–water partition coefficient (Wildman–Crippen LogP) is 4.64. The average molecular weight is 418 g/mol. The molecule has 31 heavy (non-hydrogen) atoms. The SMILES string of the molecule is CCOc1cc2c(cc1C=CC(=O)N(Cc1cccnc1)Cc1ccco1)OC(C)C2. The summed E-state index contributed by atoms with van der Waals surface area (Å²) in [5, 5.41) is 0. The van der Waals surface area contributed by atoms with Crippen molar-refractivity contribution in [1.29, 1.82) is 0 Å². The van der Waals surface area contributed by atoms with Gasteiger partial charge >= 0.3 is 0 Å². The van der Waals surface area contributed by atoms with E-state index >= 15 is 0 Å². The zero-order valence-corrected chi connectivity index (χ0v) is 17.8. The van der Waals surface area contributed by atoms with Crippen LogP contribution in [0.4, 0.5) is 0 Å². The van der Waals surface area contributed by atoms with Gasteiger partial charge in [0.2, 0.25) is 5.91 Å². The minimum atomic E-state index is -0.127. The zero-order valence-electron chi connectivity index (χ0n) is 17.8. The van der Waals surface area contributed by atoms with Crippen molar-refractivity contribution in [2.45, 2.75) is 39.5 Å². The molecular weight excluding hydrogens is 392 g/mol. The molecule has 4 rings (SSSR count). The third kappa shape index (κ3) is 5.15. The fraction of sp³-hybridized carbons (Fsp3) is 0.280. The number of carbonyl (C=O) groups excluding carboxylic acids is 1. The lowest BCUT2D eigenvalue weighted by atomic mass is 10.1. The van der Waals surface area contributed by atoms with E-state index in [1.54, 1.807) is 35.7 Å². The van der Waals surface area contributed by atoms with Crippen LogP contribution in [0.3, 0.4) is 0 Å². The molecule has 1 unspecified atom stereocenters. The quantitative estimate of drug-likeness (QED) is 0.499. The third-order valence-corrected chi connectivity index (χ3v) is 5.07. The molecule has 0 bridgehead atoms. The number of ether oxygens (including phenoxy) is 2. The lowest BCUT2D eigenvalue weighted by Gasteiger charge is -2.20. The van der Waals surface area contributed by atoms with Crippen LogP contribution in [0.15, 0.2) is 65.5 Å². The van der Waals surface area contributed by atoms with E-state index in [4.69, 9.17) is 13.9 Å². The zero-order chi connectivity index (χ0) is 21.6. The van der Waals surface area contributed by atoms with Gasteiger partial charge in [-0.15, -0.1) is 0 Å². The normalized spacial score (nSPS) is 15.0. The van der Waals surface area contributed by atoms with Gasteiger partial charge in [0, 0.05) is 42.6 Å². The smallest absolute Gasteiger partial charge is 0.247 e. The van der Waals surface area contributed by atoms with E-state index in [2.05, 4.69) is 4.98 Å². The highest BCUT2D eigenvalue weighted by atomic mass is 16.5. The van der Waals surface area contributed by atoms with E-state index in [-0.39, 0.29) is 12.0 Å². The summed E-state index contributed by atoms with van der Waals surface area (Å²) >= 11 is 0. The molecule has 0 N–H and O–H groups in total. The number of rotatable bonds is 8. The Morgan fingerprint density at radius 3 is 2.94 bits per heavy atom. The van der Waals surface area contributed by atoms with Crippen LogP contribution in [0, 0.1) is 0 Å². The first-order chi connectivity index (χ1) is 15.1. The molecule has 3 heterocycles. The van der Waals surface area contributed by atoms with Gasteiger partial charge in [0.05, 0.1) is 19.4 Å². The van der Waals surface area contributed by atoms with Gasteiger partial charge in [-0.1, -0.05) is 6.07 Å². The van der Waals surface area contributed by atoms with E-state index in [9.17, 15) is 4.79 Å². The van der Waals surface area contributed by atoms with Crippen molar-refractivity contribution in [3.8, 4) is 11.5 Å². The Bertz CT molecular complexity index is 1040. The summed E-state index contributed by atoms with van der Waals surface area (Å²) in [6, 6.07) is 11.5. The van der Waals surface area contributed by atoms with Crippen molar-refractivity contribution in [2.75, 3.05) is 6.61 Å². The summed E-state index contributed by atoms with van der Waals surface area (Å²) in [5.74, 6) is 2.21. The summed E-state index contributed by atoms with van der Waals surface area (Å²) in [6.07, 6.45) is 9.46. The second kappa shape index (κ2) is 9.51. The van der Waals surface area contributed by atoms with Gasteiger partial charge in [0.25, 0.3) is 0 Å². The van der Waals surface area contributed by atoms with Crippen LogP contribution in [0.5, 0.6) is 11.5 Å². The Kier molecular flexibility index (Phi) is 6.36. The molecule has 0 spiro atoms. The number of benzene rings is 1. The molecule has 1 aromatic carbocycles. The van der Waals surface area contributed by atoms with Gasteiger partial charge in [-0.25, -0.2) is 0 Å². The molecule has 6 nitrogen and oxygen atoms in total. The van der Waals surface area contributed by atoms with E-state index in [1.165, 1.54) is 0 Å². The largest absolute Gasteiger partial charge is 0.493 e. The van der Waals surface area contributed by atoms with E-state index < -0.39 is 0 Å². The molecule has 0 fully saturated rings. The van der Waals surface area contributed by atoms with Crippen LogP contribution in [-0.4, -0.2) is 28.5 Å². The van der Waals surface area contributed by atoms with E-state index in [1.807, 2.05) is 50.2 Å². The van der Waals surface area contributed by atoms with Crippen LogP contribution < -0.4 is 9.47 Å². The first-order valence-corrected chi connectivity index (χ1v) is 10.5. The maximum atomic E-state index is 13.1. The number of hydrogen-bond donors (Lipinski definition) is 0. The second-order valence-electron chi connectivity index (χ2n) is 7.53. The summed E-state index contributed by atoms with van der Waals surface area (Å²) in [7, 11) is 0. The molecule has 1 atom stereocenters. The Labute approximate surface area is 182 Å². The minimum absolute atomic E-state index is 0.127. The lowest BCUT2D eigenvalue weighted by Crippen LogP contribution is -2.28. The van der Waals surface area contributed by atoms with Gasteiger partial charge in [-0.2, -0.15) is 0 Å². The summed E-state index contributed by atoms with van der Waals surface area (Å²) in [4.78, 5) is 19.0. The van der Waals surface area contributed by atoms with Gasteiger partial charge in [0.15, 0.2) is 0 Å². The number of fused-ring (bicyclic) bond motifs is 1. The Morgan fingerprint density at radius 2 is 2.19 bits per heavy atom. The number of hydrogen-bond acceptors (Lipinski definition) is 5. The highest BCUT2D eigenvalue weighted by Crippen LogP contribution is 2.35. The summed E-state index contributed by atoms with van der Waals surface area (Å²) < 4.78 is 17.2. The monoisotopic (exact) mass is 418 g/mol. The summed E-state index contributed by atoms with van der Waals surface area (Å²) in [5.41, 5.74) is 2.91. The van der Waals surface area contributed by atoms with Gasteiger partial charge in [-0.05, 0) is 55.8 Å². The summed E-state index contributed by atoms with van der Waals surface area (Å²) in [6.45, 7) is 5.35. The number of nitrogens with zero attached hydrogens (tertiary/aromatic N) is 2. The fourth-order valence-electron chi connectivity index (χ4n) is 3.65. The van der Waals surface area contributed by atoms with Crippen molar-refractivity contribution in [1.82, 2.24) is 9.88 Å². The molecule has 1 aliphatic rings. The maximum Gasteiger partial charge on any atom is 0.247 e. The fourth-order valence-corrected chi connectivity index (χ4v) is 3.65. The van der Waals surface area contributed by atoms with Crippen molar-refractivity contribution >= 4 is 12.0 Å².